The Hall–Kier alpha value is -3.12. The second kappa shape index (κ2) is 7.13. The van der Waals surface area contributed by atoms with Crippen molar-refractivity contribution >= 4 is 43.9 Å². The largest absolute Gasteiger partial charge is 0.492 e. The molecule has 1 amide bonds. The van der Waals surface area contributed by atoms with Crippen LogP contribution in [-0.4, -0.2) is 24.5 Å². The maximum Gasteiger partial charge on any atom is 0.268 e. The second-order valence-electron chi connectivity index (χ2n) is 6.62. The van der Waals surface area contributed by atoms with Crippen molar-refractivity contribution in [3.05, 3.63) is 69.3 Å². The van der Waals surface area contributed by atoms with E-state index in [0.717, 1.165) is 21.2 Å². The summed E-state index contributed by atoms with van der Waals surface area (Å²) >= 11 is 1.35. The van der Waals surface area contributed by atoms with E-state index in [1.54, 1.807) is 18.0 Å². The van der Waals surface area contributed by atoms with Crippen molar-refractivity contribution in [1.29, 1.82) is 0 Å². The molecule has 2 aromatic carbocycles. The molecule has 0 aliphatic rings. The minimum atomic E-state index is -0.181. The van der Waals surface area contributed by atoms with Crippen molar-refractivity contribution in [2.75, 3.05) is 18.6 Å². The number of pyridine rings is 1. The van der Waals surface area contributed by atoms with Crippen LogP contribution >= 0.6 is 11.3 Å². The van der Waals surface area contributed by atoms with Gasteiger partial charge in [0, 0.05) is 22.7 Å². The van der Waals surface area contributed by atoms with Gasteiger partial charge in [-0.3, -0.25) is 9.59 Å². The molecule has 6 heteroatoms. The summed E-state index contributed by atoms with van der Waals surface area (Å²) in [7, 11) is 1.72. The number of aromatic nitrogens is 1. The van der Waals surface area contributed by atoms with Crippen molar-refractivity contribution in [1.82, 2.24) is 4.98 Å². The summed E-state index contributed by atoms with van der Waals surface area (Å²) in [5.74, 6) is 0.481. The number of carbonyl (C=O) groups is 1. The van der Waals surface area contributed by atoms with Gasteiger partial charge in [-0.1, -0.05) is 23.8 Å². The van der Waals surface area contributed by atoms with Gasteiger partial charge in [-0.2, -0.15) is 0 Å². The lowest BCUT2D eigenvalue weighted by Crippen LogP contribution is -2.26. The van der Waals surface area contributed by atoms with Crippen LogP contribution in [0.5, 0.6) is 5.75 Å². The maximum atomic E-state index is 13.2. The lowest BCUT2D eigenvalue weighted by atomic mass is 10.1. The zero-order valence-electron chi connectivity index (χ0n) is 15.9. The average Bonchev–Trinajstić information content (AvgIpc) is 3.15. The standard InChI is InChI=1S/C22H20N2O3S/c1-4-27-18-8-6-5-7-17(18)24(3)22(26)19-12-15-20(28-19)14-11-13(2)9-10-16(14)23-21(15)25/h5-12H,4H2,1-3H3,(H,23,25). The van der Waals surface area contributed by atoms with Gasteiger partial charge in [-0.25, -0.2) is 0 Å². The first kappa shape index (κ1) is 18.3. The number of anilines is 1. The Morgan fingerprint density at radius 2 is 1.93 bits per heavy atom. The van der Waals surface area contributed by atoms with Crippen LogP contribution in [-0.2, 0) is 0 Å². The fourth-order valence-corrected chi connectivity index (χ4v) is 4.46. The number of rotatable bonds is 4. The quantitative estimate of drug-likeness (QED) is 0.546. The normalized spacial score (nSPS) is 11.1. The van der Waals surface area contributed by atoms with Crippen molar-refractivity contribution in [2.45, 2.75) is 13.8 Å². The smallest absolute Gasteiger partial charge is 0.268 e. The molecule has 0 atom stereocenters. The molecule has 4 aromatic rings. The van der Waals surface area contributed by atoms with Crippen LogP contribution in [0.3, 0.4) is 0 Å². The summed E-state index contributed by atoms with van der Waals surface area (Å²) in [6.07, 6.45) is 0. The van der Waals surface area contributed by atoms with Crippen molar-refractivity contribution in [2.24, 2.45) is 0 Å². The molecule has 0 unspecified atom stereocenters. The van der Waals surface area contributed by atoms with E-state index in [9.17, 15) is 9.59 Å². The van der Waals surface area contributed by atoms with Crippen molar-refractivity contribution < 1.29 is 9.53 Å². The highest BCUT2D eigenvalue weighted by atomic mass is 32.1. The van der Waals surface area contributed by atoms with Crippen molar-refractivity contribution in [3.63, 3.8) is 0 Å². The molecule has 142 valence electrons. The Balaban J connectivity index is 1.82. The number of ether oxygens (including phenoxy) is 1. The number of hydrogen-bond acceptors (Lipinski definition) is 4. The van der Waals surface area contributed by atoms with E-state index in [-0.39, 0.29) is 11.5 Å². The minimum absolute atomic E-state index is 0.173. The Morgan fingerprint density at radius 1 is 1.14 bits per heavy atom. The number of aryl methyl sites for hydroxylation is 1. The molecule has 1 N–H and O–H groups in total. The highest BCUT2D eigenvalue weighted by Crippen LogP contribution is 2.33. The first-order valence-corrected chi connectivity index (χ1v) is 9.87. The summed E-state index contributed by atoms with van der Waals surface area (Å²) in [6.45, 7) is 4.43. The molecule has 0 bridgehead atoms. The third kappa shape index (κ3) is 3.05. The average molecular weight is 392 g/mol. The van der Waals surface area contributed by atoms with Gasteiger partial charge in [0.05, 0.1) is 22.6 Å². The molecular weight excluding hydrogens is 372 g/mol. The number of aromatic amines is 1. The molecule has 0 aliphatic heterocycles. The third-order valence-electron chi connectivity index (χ3n) is 4.69. The molecule has 0 saturated carbocycles. The van der Waals surface area contributed by atoms with E-state index in [0.29, 0.717) is 28.3 Å². The summed E-state index contributed by atoms with van der Waals surface area (Å²) in [4.78, 5) is 30.6. The lowest BCUT2D eigenvalue weighted by molar-refractivity contribution is 0.0996. The topological polar surface area (TPSA) is 62.4 Å². The number of para-hydroxylation sites is 2. The van der Waals surface area contributed by atoms with Gasteiger partial charge in [0.25, 0.3) is 11.5 Å². The zero-order chi connectivity index (χ0) is 19.8. The van der Waals surface area contributed by atoms with Crippen LogP contribution in [0.25, 0.3) is 21.0 Å². The van der Waals surface area contributed by atoms with E-state index in [4.69, 9.17) is 4.74 Å². The number of carbonyl (C=O) groups excluding carboxylic acids is 1. The predicted molar refractivity (Wildman–Crippen MR) is 115 cm³/mol. The number of hydrogen-bond donors (Lipinski definition) is 1. The summed E-state index contributed by atoms with van der Waals surface area (Å²) in [5.41, 5.74) is 2.39. The van der Waals surface area contributed by atoms with Crippen LogP contribution in [0, 0.1) is 6.92 Å². The third-order valence-corrected chi connectivity index (χ3v) is 5.84. The fraction of sp³-hybridized carbons (Fsp3) is 0.182. The van der Waals surface area contributed by atoms with Gasteiger partial charge >= 0.3 is 0 Å². The first-order valence-electron chi connectivity index (χ1n) is 9.05. The van der Waals surface area contributed by atoms with E-state index < -0.39 is 0 Å². The molecule has 0 spiro atoms. The summed E-state index contributed by atoms with van der Waals surface area (Å²) < 4.78 is 6.48. The van der Waals surface area contributed by atoms with Crippen molar-refractivity contribution in [3.8, 4) is 5.75 Å². The highest BCUT2D eigenvalue weighted by Gasteiger charge is 2.21. The summed E-state index contributed by atoms with van der Waals surface area (Å²) in [6, 6.07) is 15.0. The van der Waals surface area contributed by atoms with E-state index >= 15 is 0 Å². The van der Waals surface area contributed by atoms with Gasteiger partial charge in [0.15, 0.2) is 0 Å². The highest BCUT2D eigenvalue weighted by molar-refractivity contribution is 7.21. The van der Waals surface area contributed by atoms with Crippen LogP contribution < -0.4 is 15.2 Å². The number of benzene rings is 2. The van der Waals surface area contributed by atoms with Gasteiger partial charge in [-0.15, -0.1) is 11.3 Å². The van der Waals surface area contributed by atoms with Gasteiger partial charge in [0.2, 0.25) is 0 Å². The van der Waals surface area contributed by atoms with Gasteiger partial charge in [-0.05, 0) is 44.2 Å². The molecule has 0 saturated heterocycles. The summed E-state index contributed by atoms with van der Waals surface area (Å²) in [5, 5.41) is 1.49. The predicted octanol–water partition coefficient (Wildman–Crippen LogP) is 4.73. The SMILES string of the molecule is CCOc1ccccc1N(C)C(=O)c1cc2c(=O)[nH]c3ccc(C)cc3c2s1. The first-order chi connectivity index (χ1) is 13.5. The van der Waals surface area contributed by atoms with Crippen LogP contribution in [0.1, 0.15) is 22.2 Å². The molecule has 0 aliphatic carbocycles. The number of thiophene rings is 1. The van der Waals surface area contributed by atoms with Gasteiger partial charge in [0.1, 0.15) is 5.75 Å². The zero-order valence-corrected chi connectivity index (χ0v) is 16.7. The molecule has 5 nitrogen and oxygen atoms in total. The lowest BCUT2D eigenvalue weighted by Gasteiger charge is -2.19. The molecule has 0 radical (unpaired) electrons. The Kier molecular flexibility index (Phi) is 4.65. The number of H-pyrrole nitrogens is 1. The van der Waals surface area contributed by atoms with Crippen LogP contribution in [0.15, 0.2) is 53.3 Å². The molecule has 2 aromatic heterocycles. The number of nitrogens with one attached hydrogen (secondary N) is 1. The fourth-order valence-electron chi connectivity index (χ4n) is 3.30. The molecule has 4 rings (SSSR count). The minimum Gasteiger partial charge on any atom is -0.492 e. The monoisotopic (exact) mass is 392 g/mol. The van der Waals surface area contributed by atoms with E-state index in [1.165, 1.54) is 11.3 Å². The molecule has 2 heterocycles. The number of nitrogens with zero attached hydrogens (tertiary/aromatic N) is 1. The second-order valence-corrected chi connectivity index (χ2v) is 7.67. The Morgan fingerprint density at radius 3 is 2.71 bits per heavy atom. The number of amides is 1. The van der Waals surface area contributed by atoms with E-state index in [1.807, 2.05) is 56.3 Å². The van der Waals surface area contributed by atoms with Gasteiger partial charge < -0.3 is 14.6 Å². The maximum absolute atomic E-state index is 13.2. The molecule has 28 heavy (non-hydrogen) atoms. The Bertz CT molecular complexity index is 1260. The van der Waals surface area contributed by atoms with Crippen LogP contribution in [0.4, 0.5) is 5.69 Å². The Labute approximate surface area is 166 Å². The molecular formula is C22H20N2O3S. The number of fused-ring (bicyclic) bond motifs is 3. The molecule has 0 fully saturated rings. The van der Waals surface area contributed by atoms with Crippen LogP contribution in [0.2, 0.25) is 0 Å². The van der Waals surface area contributed by atoms with E-state index in [2.05, 4.69) is 4.98 Å².